The zero-order valence-corrected chi connectivity index (χ0v) is 11.5. The molecule has 0 spiro atoms. The minimum absolute atomic E-state index is 0.0920. The van der Waals surface area contributed by atoms with E-state index in [1.807, 2.05) is 5.38 Å². The first-order valence-corrected chi connectivity index (χ1v) is 7.05. The quantitative estimate of drug-likeness (QED) is 0.868. The Balaban J connectivity index is 1.89. The first-order chi connectivity index (χ1) is 8.54. The van der Waals surface area contributed by atoms with Gasteiger partial charge in [0, 0.05) is 31.9 Å². The number of hydrogen-bond donors (Lipinski definition) is 2. The van der Waals surface area contributed by atoms with Gasteiger partial charge in [-0.2, -0.15) is 0 Å². The number of rotatable bonds is 3. The number of aromatic nitrogens is 1. The van der Waals surface area contributed by atoms with Gasteiger partial charge >= 0.3 is 0 Å². The normalized spacial score (nSPS) is 25.1. The van der Waals surface area contributed by atoms with E-state index in [4.69, 9.17) is 0 Å². The predicted molar refractivity (Wildman–Crippen MR) is 71.5 cm³/mol. The van der Waals surface area contributed by atoms with Crippen LogP contribution in [0.4, 0.5) is 5.13 Å². The molecule has 0 bridgehead atoms. The van der Waals surface area contributed by atoms with Crippen LogP contribution in [0.3, 0.4) is 0 Å². The second-order valence-electron chi connectivity index (χ2n) is 4.89. The van der Waals surface area contributed by atoms with Crippen LogP contribution in [0.2, 0.25) is 0 Å². The Labute approximate surface area is 111 Å². The number of piperidine rings is 1. The van der Waals surface area contributed by atoms with Crippen LogP contribution in [0.1, 0.15) is 26.0 Å². The smallest absolute Gasteiger partial charge is 0.223 e. The molecule has 0 aromatic carbocycles. The summed E-state index contributed by atoms with van der Waals surface area (Å²) in [5.74, 6) is 0.220. The molecule has 1 saturated heterocycles. The Kier molecular flexibility index (Phi) is 4.31. The molecule has 1 amide bonds. The molecule has 2 atom stereocenters. The van der Waals surface area contributed by atoms with Crippen LogP contribution >= 0.6 is 11.3 Å². The fourth-order valence-electron chi connectivity index (χ4n) is 2.18. The Bertz CT molecular complexity index is 421. The van der Waals surface area contributed by atoms with Crippen LogP contribution in [0.15, 0.2) is 5.38 Å². The van der Waals surface area contributed by atoms with Crippen molar-refractivity contribution in [3.8, 4) is 0 Å². The van der Waals surface area contributed by atoms with Gasteiger partial charge in [-0.1, -0.05) is 6.92 Å². The number of amides is 1. The number of carbonyl (C=O) groups is 1. The van der Waals surface area contributed by atoms with Gasteiger partial charge in [0.05, 0.1) is 11.8 Å². The lowest BCUT2D eigenvalue weighted by molar-refractivity contribution is -0.114. The summed E-state index contributed by atoms with van der Waals surface area (Å²) >= 11 is 1.45. The van der Waals surface area contributed by atoms with Crippen molar-refractivity contribution in [2.45, 2.75) is 32.9 Å². The van der Waals surface area contributed by atoms with Crippen molar-refractivity contribution in [3.63, 3.8) is 0 Å². The Morgan fingerprint density at radius 1 is 1.72 bits per heavy atom. The van der Waals surface area contributed by atoms with Gasteiger partial charge in [-0.05, 0) is 12.3 Å². The lowest BCUT2D eigenvalue weighted by atomic mass is 9.97. The molecule has 6 heteroatoms. The maximum atomic E-state index is 10.9. The third-order valence-corrected chi connectivity index (χ3v) is 3.97. The second kappa shape index (κ2) is 5.77. The number of carbonyl (C=O) groups excluding carboxylic acids is 1. The number of nitrogens with zero attached hydrogens (tertiary/aromatic N) is 2. The molecule has 2 N–H and O–H groups in total. The number of thiazole rings is 1. The van der Waals surface area contributed by atoms with Crippen molar-refractivity contribution < 1.29 is 9.90 Å². The monoisotopic (exact) mass is 269 g/mol. The second-order valence-corrected chi connectivity index (χ2v) is 5.75. The summed E-state index contributed by atoms with van der Waals surface area (Å²) in [6.45, 7) is 6.13. The molecule has 2 rings (SSSR count). The number of hydrogen-bond acceptors (Lipinski definition) is 5. The molecule has 0 aliphatic carbocycles. The van der Waals surface area contributed by atoms with Crippen molar-refractivity contribution in [1.29, 1.82) is 0 Å². The van der Waals surface area contributed by atoms with E-state index in [1.54, 1.807) is 0 Å². The highest BCUT2D eigenvalue weighted by atomic mass is 32.1. The summed E-state index contributed by atoms with van der Waals surface area (Å²) < 4.78 is 0. The highest BCUT2D eigenvalue weighted by Crippen LogP contribution is 2.21. The largest absolute Gasteiger partial charge is 0.393 e. The van der Waals surface area contributed by atoms with Gasteiger partial charge < -0.3 is 10.4 Å². The SMILES string of the molecule is CC(=O)Nc1nc(CN2CCC(O)C(C)C2)cs1. The standard InChI is InChI=1S/C12H19N3O2S/c1-8-5-15(4-3-11(8)17)6-10-7-18-12(14-10)13-9(2)16/h7-8,11,17H,3-6H2,1-2H3,(H,13,14,16). The van der Waals surface area contributed by atoms with Gasteiger partial charge in [0.1, 0.15) is 0 Å². The van der Waals surface area contributed by atoms with Crippen molar-refractivity contribution in [2.24, 2.45) is 5.92 Å². The molecule has 5 nitrogen and oxygen atoms in total. The minimum Gasteiger partial charge on any atom is -0.393 e. The maximum Gasteiger partial charge on any atom is 0.223 e. The van der Waals surface area contributed by atoms with Gasteiger partial charge in [-0.15, -0.1) is 11.3 Å². The maximum absolute atomic E-state index is 10.9. The number of aliphatic hydroxyl groups excluding tert-OH is 1. The number of nitrogens with one attached hydrogen (secondary N) is 1. The fraction of sp³-hybridized carbons (Fsp3) is 0.667. The highest BCUT2D eigenvalue weighted by molar-refractivity contribution is 7.13. The van der Waals surface area contributed by atoms with Crippen LogP contribution in [-0.4, -0.2) is 40.1 Å². The summed E-state index contributed by atoms with van der Waals surface area (Å²) in [7, 11) is 0. The first-order valence-electron chi connectivity index (χ1n) is 6.17. The van der Waals surface area contributed by atoms with E-state index in [0.29, 0.717) is 11.0 Å². The molecular weight excluding hydrogens is 250 g/mol. The predicted octanol–water partition coefficient (Wildman–Crippen LogP) is 1.30. The van der Waals surface area contributed by atoms with Crippen LogP contribution in [0, 0.1) is 5.92 Å². The van der Waals surface area contributed by atoms with Gasteiger partial charge in [0.2, 0.25) is 5.91 Å². The van der Waals surface area contributed by atoms with Crippen molar-refractivity contribution in [3.05, 3.63) is 11.1 Å². The highest BCUT2D eigenvalue weighted by Gasteiger charge is 2.24. The molecule has 1 aliphatic heterocycles. The number of likely N-dealkylation sites (tertiary alicyclic amines) is 1. The van der Waals surface area contributed by atoms with Crippen LogP contribution in [0.5, 0.6) is 0 Å². The number of aliphatic hydroxyl groups is 1. The number of anilines is 1. The third kappa shape index (κ3) is 3.51. The lowest BCUT2D eigenvalue weighted by Gasteiger charge is -2.33. The molecule has 100 valence electrons. The van der Waals surface area contributed by atoms with Crippen molar-refractivity contribution in [2.75, 3.05) is 18.4 Å². The molecular formula is C12H19N3O2S. The summed E-state index contributed by atoms with van der Waals surface area (Å²) in [6.07, 6.45) is 0.649. The van der Waals surface area contributed by atoms with Crippen LogP contribution < -0.4 is 5.32 Å². The van der Waals surface area contributed by atoms with E-state index in [1.165, 1.54) is 18.3 Å². The van der Waals surface area contributed by atoms with Crippen molar-refractivity contribution >= 4 is 22.4 Å². The average Bonchev–Trinajstić information content (AvgIpc) is 2.70. The van der Waals surface area contributed by atoms with Crippen LogP contribution in [0.25, 0.3) is 0 Å². The van der Waals surface area contributed by atoms with E-state index < -0.39 is 0 Å². The van der Waals surface area contributed by atoms with Gasteiger partial charge in [0.25, 0.3) is 0 Å². The lowest BCUT2D eigenvalue weighted by Crippen LogP contribution is -2.41. The first kappa shape index (κ1) is 13.5. The van der Waals surface area contributed by atoms with E-state index in [2.05, 4.69) is 22.1 Å². The van der Waals surface area contributed by atoms with Gasteiger partial charge in [-0.25, -0.2) is 4.98 Å². The van der Waals surface area contributed by atoms with E-state index in [-0.39, 0.29) is 12.0 Å². The summed E-state index contributed by atoms with van der Waals surface area (Å²) in [5, 5.41) is 15.0. The third-order valence-electron chi connectivity index (χ3n) is 3.16. The Hall–Kier alpha value is -0.980. The molecule has 0 saturated carbocycles. The Morgan fingerprint density at radius 3 is 3.17 bits per heavy atom. The Morgan fingerprint density at radius 2 is 2.50 bits per heavy atom. The molecule has 1 aromatic heterocycles. The minimum atomic E-state index is -0.174. The molecule has 1 aliphatic rings. The van der Waals surface area contributed by atoms with Crippen molar-refractivity contribution in [1.82, 2.24) is 9.88 Å². The molecule has 2 unspecified atom stereocenters. The molecule has 1 aromatic rings. The fourth-order valence-corrected chi connectivity index (χ4v) is 2.93. The average molecular weight is 269 g/mol. The summed E-state index contributed by atoms with van der Waals surface area (Å²) in [4.78, 5) is 17.6. The van der Waals surface area contributed by atoms with Gasteiger partial charge in [-0.3, -0.25) is 9.69 Å². The summed E-state index contributed by atoms with van der Waals surface area (Å²) in [6, 6.07) is 0. The molecule has 2 heterocycles. The van der Waals surface area contributed by atoms with E-state index >= 15 is 0 Å². The van der Waals surface area contributed by atoms with Gasteiger partial charge in [0.15, 0.2) is 5.13 Å². The molecule has 18 heavy (non-hydrogen) atoms. The summed E-state index contributed by atoms with van der Waals surface area (Å²) in [5.41, 5.74) is 0.979. The van der Waals surface area contributed by atoms with E-state index in [9.17, 15) is 9.90 Å². The zero-order valence-electron chi connectivity index (χ0n) is 10.7. The topological polar surface area (TPSA) is 65.5 Å². The molecule has 1 fully saturated rings. The van der Waals surface area contributed by atoms with Crippen LogP contribution in [-0.2, 0) is 11.3 Å². The molecule has 0 radical (unpaired) electrons. The van der Waals surface area contributed by atoms with E-state index in [0.717, 1.165) is 31.7 Å². The zero-order chi connectivity index (χ0) is 13.1.